The third kappa shape index (κ3) is 7.31. The Morgan fingerprint density at radius 1 is 0.833 bits per heavy atom. The van der Waals surface area contributed by atoms with Gasteiger partial charge >= 0.3 is 0 Å². The van der Waals surface area contributed by atoms with Crippen LogP contribution in [-0.2, 0) is 19.2 Å². The molecule has 2 saturated heterocycles. The first kappa shape index (κ1) is 32.2. The Morgan fingerprint density at radius 3 is 2.21 bits per heavy atom. The fourth-order valence-electron chi connectivity index (χ4n) is 6.36. The molecule has 2 aliphatic rings. The molecule has 12 nitrogen and oxygen atoms in total. The van der Waals surface area contributed by atoms with Crippen molar-refractivity contribution in [3.8, 4) is 23.1 Å². The molecule has 4 amide bonds. The van der Waals surface area contributed by atoms with Gasteiger partial charge in [0.2, 0.25) is 23.6 Å². The van der Waals surface area contributed by atoms with E-state index < -0.39 is 6.04 Å². The Bertz CT molecular complexity index is 1850. The van der Waals surface area contributed by atoms with Crippen molar-refractivity contribution >= 4 is 23.6 Å². The second kappa shape index (κ2) is 14.4. The lowest BCUT2D eigenvalue weighted by molar-refractivity contribution is -0.137. The summed E-state index contributed by atoms with van der Waals surface area (Å²) in [6.45, 7) is 4.00. The molecule has 0 aliphatic carbocycles. The minimum Gasteiger partial charge on any atom is -0.347 e. The SMILES string of the molecule is CC(=O)NCC(=O)N1CCC[C@H]1c1ncc(C#Cc2ccc(-c3cnc([C@@H]4CCCN4C(=O)[C@H](NC(C)=O)c4ccccc4)[nH]3)cc2)[nH]1. The average Bonchev–Trinajstić information content (AvgIpc) is 3.92. The summed E-state index contributed by atoms with van der Waals surface area (Å²) in [6.07, 6.45) is 6.73. The summed E-state index contributed by atoms with van der Waals surface area (Å²) in [6, 6.07) is 15.9. The van der Waals surface area contributed by atoms with Gasteiger partial charge < -0.3 is 30.4 Å². The lowest BCUT2D eigenvalue weighted by Gasteiger charge is -2.28. The minimum atomic E-state index is -0.761. The van der Waals surface area contributed by atoms with E-state index in [1.807, 2.05) is 59.5 Å². The molecule has 48 heavy (non-hydrogen) atoms. The molecule has 12 heteroatoms. The molecular formula is C36H38N8O4. The topological polar surface area (TPSA) is 156 Å². The fraction of sp³-hybridized carbons (Fsp3) is 0.333. The third-order valence-corrected chi connectivity index (χ3v) is 8.68. The number of H-pyrrole nitrogens is 2. The van der Waals surface area contributed by atoms with Crippen LogP contribution in [0.3, 0.4) is 0 Å². The maximum Gasteiger partial charge on any atom is 0.250 e. The first-order valence-corrected chi connectivity index (χ1v) is 16.2. The fourth-order valence-corrected chi connectivity index (χ4v) is 6.36. The zero-order valence-corrected chi connectivity index (χ0v) is 27.0. The summed E-state index contributed by atoms with van der Waals surface area (Å²) in [7, 11) is 0. The van der Waals surface area contributed by atoms with Crippen molar-refractivity contribution in [3.63, 3.8) is 0 Å². The Kier molecular flexibility index (Phi) is 9.66. The molecule has 0 unspecified atom stereocenters. The standard InChI is InChI=1S/C36H38N8O4/c1-23(45)37-22-32(47)43-18-6-10-30(43)34-38-20-28(41-34)17-14-25-12-15-26(16-13-25)29-21-39-35(42-29)31-11-7-19-44(31)36(48)33(40-24(2)46)27-8-4-3-5-9-27/h3-5,8-9,12-13,15-16,20-21,30-31,33H,6-7,10-11,18-19,22H2,1-2H3,(H,37,45)(H,38,41)(H,39,42)(H,40,46)/t30-,31-,33+/m0/s1. The summed E-state index contributed by atoms with van der Waals surface area (Å²) in [5.74, 6) is 6.91. The molecule has 246 valence electrons. The first-order chi connectivity index (χ1) is 23.3. The molecule has 0 bridgehead atoms. The number of imidazole rings is 2. The van der Waals surface area contributed by atoms with E-state index in [0.29, 0.717) is 30.4 Å². The van der Waals surface area contributed by atoms with Crippen LogP contribution in [0, 0.1) is 11.8 Å². The highest BCUT2D eigenvalue weighted by atomic mass is 16.2. The summed E-state index contributed by atoms with van der Waals surface area (Å²) in [5.41, 5.74) is 3.98. The van der Waals surface area contributed by atoms with Crippen molar-refractivity contribution in [3.05, 3.63) is 95.5 Å². The van der Waals surface area contributed by atoms with Crippen LogP contribution in [0.1, 0.15) is 86.1 Å². The van der Waals surface area contributed by atoms with Crippen LogP contribution in [0.4, 0.5) is 0 Å². The number of benzene rings is 2. The lowest BCUT2D eigenvalue weighted by Crippen LogP contribution is -2.42. The maximum atomic E-state index is 13.7. The van der Waals surface area contributed by atoms with Gasteiger partial charge in [-0.05, 0) is 54.9 Å². The average molecular weight is 647 g/mol. The molecule has 0 saturated carbocycles. The summed E-state index contributed by atoms with van der Waals surface area (Å²) >= 11 is 0. The smallest absolute Gasteiger partial charge is 0.250 e. The molecule has 2 aromatic carbocycles. The molecule has 2 aliphatic heterocycles. The largest absolute Gasteiger partial charge is 0.347 e. The predicted octanol–water partition coefficient (Wildman–Crippen LogP) is 3.54. The van der Waals surface area contributed by atoms with Gasteiger partial charge in [0.1, 0.15) is 23.4 Å². The van der Waals surface area contributed by atoms with Crippen LogP contribution in [0.5, 0.6) is 0 Å². The summed E-state index contributed by atoms with van der Waals surface area (Å²) in [5, 5.41) is 5.40. The van der Waals surface area contributed by atoms with E-state index in [1.165, 1.54) is 13.8 Å². The number of likely N-dealkylation sites (tertiary alicyclic amines) is 2. The van der Waals surface area contributed by atoms with Crippen LogP contribution in [0.2, 0.25) is 0 Å². The molecule has 2 fully saturated rings. The highest BCUT2D eigenvalue weighted by Gasteiger charge is 2.36. The molecule has 4 N–H and O–H groups in total. The van der Waals surface area contributed by atoms with Gasteiger partial charge in [0.15, 0.2) is 0 Å². The normalized spacial score (nSPS) is 17.8. The number of amides is 4. The van der Waals surface area contributed by atoms with Gasteiger partial charge in [0.05, 0.1) is 36.7 Å². The van der Waals surface area contributed by atoms with E-state index in [4.69, 9.17) is 0 Å². The van der Waals surface area contributed by atoms with E-state index in [0.717, 1.165) is 48.1 Å². The first-order valence-electron chi connectivity index (χ1n) is 16.2. The molecule has 0 radical (unpaired) electrons. The molecule has 4 heterocycles. The van der Waals surface area contributed by atoms with Crippen LogP contribution in [0.25, 0.3) is 11.3 Å². The molecular weight excluding hydrogens is 608 g/mol. The number of nitrogens with zero attached hydrogens (tertiary/aromatic N) is 4. The molecule has 0 spiro atoms. The van der Waals surface area contributed by atoms with Crippen molar-refractivity contribution in [2.24, 2.45) is 0 Å². The van der Waals surface area contributed by atoms with Gasteiger partial charge in [-0.2, -0.15) is 0 Å². The predicted molar refractivity (Wildman–Crippen MR) is 178 cm³/mol. The number of hydrogen-bond acceptors (Lipinski definition) is 6. The zero-order chi connectivity index (χ0) is 33.6. The second-order valence-electron chi connectivity index (χ2n) is 12.1. The van der Waals surface area contributed by atoms with Gasteiger partial charge in [0, 0.05) is 32.5 Å². The second-order valence-corrected chi connectivity index (χ2v) is 12.1. The molecule has 2 aromatic heterocycles. The van der Waals surface area contributed by atoms with Gasteiger partial charge in [-0.3, -0.25) is 19.2 Å². The Balaban J connectivity index is 1.11. The van der Waals surface area contributed by atoms with E-state index in [-0.39, 0.29) is 42.3 Å². The number of hydrogen-bond donors (Lipinski definition) is 4. The van der Waals surface area contributed by atoms with Gasteiger partial charge in [0.25, 0.3) is 0 Å². The zero-order valence-electron chi connectivity index (χ0n) is 27.0. The van der Waals surface area contributed by atoms with E-state index in [1.54, 1.807) is 17.3 Å². The van der Waals surface area contributed by atoms with Crippen LogP contribution < -0.4 is 10.6 Å². The molecule has 3 atom stereocenters. The van der Waals surface area contributed by atoms with Crippen molar-refractivity contribution in [2.45, 2.75) is 57.7 Å². The van der Waals surface area contributed by atoms with Gasteiger partial charge in [-0.1, -0.05) is 48.4 Å². The van der Waals surface area contributed by atoms with Crippen LogP contribution in [-0.4, -0.2) is 73.0 Å². The number of aromatic amines is 2. The quantitative estimate of drug-likeness (QED) is 0.215. The summed E-state index contributed by atoms with van der Waals surface area (Å²) < 4.78 is 0. The van der Waals surface area contributed by atoms with E-state index in [2.05, 4.69) is 42.4 Å². The number of carbonyl (C=O) groups is 4. The number of carbonyl (C=O) groups excluding carboxylic acids is 4. The third-order valence-electron chi connectivity index (χ3n) is 8.68. The summed E-state index contributed by atoms with van der Waals surface area (Å²) in [4.78, 5) is 68.9. The maximum absolute atomic E-state index is 13.7. The number of aromatic nitrogens is 4. The molecule has 6 rings (SSSR count). The van der Waals surface area contributed by atoms with E-state index in [9.17, 15) is 19.2 Å². The lowest BCUT2D eigenvalue weighted by atomic mass is 10.0. The van der Waals surface area contributed by atoms with Gasteiger partial charge in [-0.25, -0.2) is 9.97 Å². The van der Waals surface area contributed by atoms with Gasteiger partial charge in [-0.15, -0.1) is 0 Å². The van der Waals surface area contributed by atoms with Crippen molar-refractivity contribution < 1.29 is 19.2 Å². The van der Waals surface area contributed by atoms with Crippen LogP contribution in [0.15, 0.2) is 67.0 Å². The minimum absolute atomic E-state index is 0.0249. The Morgan fingerprint density at radius 2 is 1.50 bits per heavy atom. The highest BCUT2D eigenvalue weighted by Crippen LogP contribution is 2.34. The highest BCUT2D eigenvalue weighted by molar-refractivity contribution is 5.88. The van der Waals surface area contributed by atoms with Crippen LogP contribution >= 0.6 is 0 Å². The van der Waals surface area contributed by atoms with E-state index >= 15 is 0 Å². The monoisotopic (exact) mass is 646 g/mol. The van der Waals surface area contributed by atoms with Crippen molar-refractivity contribution in [1.29, 1.82) is 0 Å². The van der Waals surface area contributed by atoms with Crippen molar-refractivity contribution in [1.82, 2.24) is 40.4 Å². The molecule has 4 aromatic rings. The Labute approximate surface area is 278 Å². The van der Waals surface area contributed by atoms with Crippen molar-refractivity contribution in [2.75, 3.05) is 19.6 Å². The number of rotatable bonds is 8. The Hall–Kier alpha value is -5.70. The number of nitrogens with one attached hydrogen (secondary N) is 4.